The summed E-state index contributed by atoms with van der Waals surface area (Å²) in [4.78, 5) is 24.0. The van der Waals surface area contributed by atoms with E-state index in [1.165, 1.54) is 23.7 Å². The average Bonchev–Trinajstić information content (AvgIpc) is 3.03. The maximum Gasteiger partial charge on any atom is 0.361 e. The van der Waals surface area contributed by atoms with Crippen molar-refractivity contribution >= 4 is 34.7 Å². The van der Waals surface area contributed by atoms with Crippen LogP contribution in [0.3, 0.4) is 0 Å². The number of nitrogen functional groups attached to an aromatic ring is 1. The minimum Gasteiger partial charge on any atom is -0.454 e. The highest BCUT2D eigenvalue weighted by Gasteiger charge is 2.14. The Bertz CT molecular complexity index is 836. The van der Waals surface area contributed by atoms with Gasteiger partial charge in [-0.3, -0.25) is 0 Å². The third-order valence-electron chi connectivity index (χ3n) is 2.91. The van der Waals surface area contributed by atoms with Crippen LogP contribution >= 0.6 is 22.9 Å². The van der Waals surface area contributed by atoms with Gasteiger partial charge in [-0.2, -0.15) is 0 Å². The second-order valence-corrected chi connectivity index (χ2v) is 5.81. The van der Waals surface area contributed by atoms with Gasteiger partial charge in [0.2, 0.25) is 0 Å². The minimum absolute atomic E-state index is 0.000606. The van der Waals surface area contributed by atoms with Gasteiger partial charge in [0, 0.05) is 28.4 Å². The number of aromatic nitrogens is 3. The molecule has 2 aromatic heterocycles. The van der Waals surface area contributed by atoms with Crippen molar-refractivity contribution in [3.05, 3.63) is 58.4 Å². The fourth-order valence-corrected chi connectivity index (χ4v) is 2.75. The molecule has 0 bridgehead atoms. The van der Waals surface area contributed by atoms with E-state index < -0.39 is 5.97 Å². The van der Waals surface area contributed by atoms with Gasteiger partial charge in [-0.05, 0) is 12.1 Å². The molecule has 116 valence electrons. The fourth-order valence-electron chi connectivity index (χ4n) is 1.81. The van der Waals surface area contributed by atoms with E-state index in [-0.39, 0.29) is 18.1 Å². The summed E-state index contributed by atoms with van der Waals surface area (Å²) < 4.78 is 5.16. The van der Waals surface area contributed by atoms with Crippen LogP contribution in [0.25, 0.3) is 10.6 Å². The lowest BCUT2D eigenvalue weighted by Gasteiger charge is -2.03. The molecule has 0 saturated heterocycles. The first-order valence-electron chi connectivity index (χ1n) is 6.57. The van der Waals surface area contributed by atoms with E-state index in [1.807, 2.05) is 17.5 Å². The molecule has 0 atom stereocenters. The van der Waals surface area contributed by atoms with Crippen LogP contribution in [0.1, 0.15) is 16.2 Å². The summed E-state index contributed by atoms with van der Waals surface area (Å²) in [5, 5.41) is 3.32. The van der Waals surface area contributed by atoms with Crippen LogP contribution in [-0.2, 0) is 11.3 Å². The van der Waals surface area contributed by atoms with Crippen LogP contribution in [-0.4, -0.2) is 20.9 Å². The van der Waals surface area contributed by atoms with Gasteiger partial charge in [0.15, 0.2) is 11.5 Å². The quantitative estimate of drug-likeness (QED) is 0.729. The second-order valence-electron chi connectivity index (χ2n) is 4.52. The predicted octanol–water partition coefficient (Wildman–Crippen LogP) is 3.19. The summed E-state index contributed by atoms with van der Waals surface area (Å²) in [5.41, 5.74) is 7.19. The molecular weight excluding hydrogens is 336 g/mol. The topological polar surface area (TPSA) is 91.0 Å². The molecule has 0 aliphatic carbocycles. The molecule has 2 heterocycles. The number of benzene rings is 1. The molecule has 6 nitrogen and oxygen atoms in total. The number of thiazole rings is 1. The Morgan fingerprint density at radius 2 is 1.96 bits per heavy atom. The largest absolute Gasteiger partial charge is 0.454 e. The number of esters is 1. The number of rotatable bonds is 4. The molecule has 0 fully saturated rings. The van der Waals surface area contributed by atoms with E-state index >= 15 is 0 Å². The highest BCUT2D eigenvalue weighted by molar-refractivity contribution is 7.13. The highest BCUT2D eigenvalue weighted by atomic mass is 35.5. The van der Waals surface area contributed by atoms with Gasteiger partial charge in [0.1, 0.15) is 11.6 Å². The van der Waals surface area contributed by atoms with Gasteiger partial charge in [0.05, 0.1) is 5.69 Å². The van der Waals surface area contributed by atoms with Gasteiger partial charge in [-0.25, -0.2) is 19.7 Å². The molecular formula is C15H11ClN4O2S. The number of halogens is 1. The van der Waals surface area contributed by atoms with Crippen molar-refractivity contribution in [2.75, 3.05) is 5.73 Å². The smallest absolute Gasteiger partial charge is 0.361 e. The van der Waals surface area contributed by atoms with E-state index in [2.05, 4.69) is 15.0 Å². The van der Waals surface area contributed by atoms with Crippen LogP contribution in [0, 0.1) is 0 Å². The molecule has 1 aromatic carbocycles. The molecule has 0 spiro atoms. The Morgan fingerprint density at radius 1 is 1.22 bits per heavy atom. The zero-order chi connectivity index (χ0) is 16.2. The molecule has 0 unspecified atom stereocenters. The van der Waals surface area contributed by atoms with Crippen molar-refractivity contribution in [2.24, 2.45) is 0 Å². The van der Waals surface area contributed by atoms with Crippen molar-refractivity contribution in [3.8, 4) is 10.6 Å². The molecule has 2 N–H and O–H groups in total. The van der Waals surface area contributed by atoms with Gasteiger partial charge in [-0.1, -0.05) is 23.7 Å². The average molecular weight is 347 g/mol. The van der Waals surface area contributed by atoms with E-state index in [4.69, 9.17) is 22.1 Å². The Morgan fingerprint density at radius 3 is 2.70 bits per heavy atom. The molecule has 8 heteroatoms. The van der Waals surface area contributed by atoms with Crippen LogP contribution in [0.15, 0.2) is 42.0 Å². The first-order valence-corrected chi connectivity index (χ1v) is 7.83. The van der Waals surface area contributed by atoms with Crippen molar-refractivity contribution < 1.29 is 9.53 Å². The number of ether oxygens (including phenoxy) is 1. The molecule has 0 radical (unpaired) electrons. The first-order chi connectivity index (χ1) is 11.1. The van der Waals surface area contributed by atoms with Crippen LogP contribution in [0.4, 0.5) is 5.82 Å². The molecule has 23 heavy (non-hydrogen) atoms. The zero-order valence-electron chi connectivity index (χ0n) is 11.8. The molecule has 3 rings (SSSR count). The molecule has 3 aromatic rings. The standard InChI is InChI=1S/C15H11ClN4O2S/c16-10-3-1-9(2-4-10)14-20-11(8-23-14)7-22-15(21)12-13(17)19-6-5-18-12/h1-6,8H,7H2,(H2,17,19). The predicted molar refractivity (Wildman–Crippen MR) is 88.1 cm³/mol. The van der Waals surface area contributed by atoms with Crippen LogP contribution < -0.4 is 5.73 Å². The van der Waals surface area contributed by atoms with Crippen molar-refractivity contribution in [2.45, 2.75) is 6.61 Å². The lowest BCUT2D eigenvalue weighted by atomic mass is 10.2. The van der Waals surface area contributed by atoms with Gasteiger partial charge < -0.3 is 10.5 Å². The number of hydrogen-bond acceptors (Lipinski definition) is 7. The van der Waals surface area contributed by atoms with Gasteiger partial charge >= 0.3 is 5.97 Å². The summed E-state index contributed by atoms with van der Waals surface area (Å²) >= 11 is 7.33. The van der Waals surface area contributed by atoms with E-state index in [0.29, 0.717) is 10.7 Å². The number of nitrogens with two attached hydrogens (primary N) is 1. The number of anilines is 1. The normalized spacial score (nSPS) is 10.5. The van der Waals surface area contributed by atoms with E-state index in [0.717, 1.165) is 10.6 Å². The van der Waals surface area contributed by atoms with Crippen LogP contribution in [0.2, 0.25) is 5.02 Å². The van der Waals surface area contributed by atoms with E-state index in [9.17, 15) is 4.79 Å². The fraction of sp³-hybridized carbons (Fsp3) is 0.0667. The van der Waals surface area contributed by atoms with Gasteiger partial charge in [-0.15, -0.1) is 11.3 Å². The number of hydrogen-bond donors (Lipinski definition) is 1. The van der Waals surface area contributed by atoms with Gasteiger partial charge in [0.25, 0.3) is 0 Å². The molecule has 0 aliphatic heterocycles. The molecule has 0 aliphatic rings. The number of nitrogens with zero attached hydrogens (tertiary/aromatic N) is 3. The third-order valence-corrected chi connectivity index (χ3v) is 4.11. The van der Waals surface area contributed by atoms with E-state index in [1.54, 1.807) is 12.1 Å². The first kappa shape index (κ1) is 15.4. The molecule has 0 amide bonds. The van der Waals surface area contributed by atoms with Crippen molar-refractivity contribution in [1.82, 2.24) is 15.0 Å². The number of carbonyl (C=O) groups is 1. The minimum atomic E-state index is -0.628. The van der Waals surface area contributed by atoms with Crippen molar-refractivity contribution in [1.29, 1.82) is 0 Å². The lowest BCUT2D eigenvalue weighted by Crippen LogP contribution is -2.11. The van der Waals surface area contributed by atoms with Crippen LogP contribution in [0.5, 0.6) is 0 Å². The third kappa shape index (κ3) is 3.64. The summed E-state index contributed by atoms with van der Waals surface area (Å²) in [6.07, 6.45) is 2.79. The monoisotopic (exact) mass is 346 g/mol. The number of carbonyl (C=O) groups excluding carboxylic acids is 1. The zero-order valence-corrected chi connectivity index (χ0v) is 13.3. The summed E-state index contributed by atoms with van der Waals surface area (Å²) in [6, 6.07) is 7.37. The summed E-state index contributed by atoms with van der Waals surface area (Å²) in [5.74, 6) is -0.589. The maximum absolute atomic E-state index is 11.9. The Labute approximate surface area is 140 Å². The highest BCUT2D eigenvalue weighted by Crippen LogP contribution is 2.25. The second kappa shape index (κ2) is 6.72. The van der Waals surface area contributed by atoms with Crippen molar-refractivity contribution in [3.63, 3.8) is 0 Å². The summed E-state index contributed by atoms with van der Waals surface area (Å²) in [7, 11) is 0. The Hall–Kier alpha value is -2.51. The SMILES string of the molecule is Nc1nccnc1C(=O)OCc1csc(-c2ccc(Cl)cc2)n1. The maximum atomic E-state index is 11.9. The Kier molecular flexibility index (Phi) is 4.50. The lowest BCUT2D eigenvalue weighted by molar-refractivity contribution is 0.0462. The molecule has 0 saturated carbocycles. The summed E-state index contributed by atoms with van der Waals surface area (Å²) in [6.45, 7) is 0.0406. The Balaban J connectivity index is 1.67.